The molecule has 0 aromatic heterocycles. The lowest BCUT2D eigenvalue weighted by molar-refractivity contribution is -0.139. The molecule has 0 radical (unpaired) electrons. The van der Waals surface area contributed by atoms with Crippen LogP contribution in [-0.4, -0.2) is 55.4 Å². The molecule has 128 valence electrons. The number of nitrogens with zero attached hydrogens (tertiary/aromatic N) is 1. The highest BCUT2D eigenvalue weighted by atomic mass is 19.1. The second-order valence-corrected chi connectivity index (χ2v) is 5.91. The van der Waals surface area contributed by atoms with E-state index >= 15 is 0 Å². The number of hydrogen-bond acceptors (Lipinski definition) is 4. The monoisotopic (exact) mass is 325 g/mol. The molecule has 0 heterocycles. The van der Waals surface area contributed by atoms with Gasteiger partial charge in [0.15, 0.2) is 11.6 Å². The van der Waals surface area contributed by atoms with E-state index in [4.69, 9.17) is 9.47 Å². The minimum Gasteiger partial charge on any atom is -0.494 e. The lowest BCUT2D eigenvalue weighted by Crippen LogP contribution is -2.52. The second kappa shape index (κ2) is 7.75. The maximum atomic E-state index is 13.7. The number of likely N-dealkylation sites (N-methyl/N-ethyl adjacent to an activating group) is 1. The van der Waals surface area contributed by atoms with Crippen molar-refractivity contribution in [1.29, 1.82) is 0 Å². The molecule has 1 amide bonds. The van der Waals surface area contributed by atoms with Gasteiger partial charge in [0.05, 0.1) is 25.7 Å². The van der Waals surface area contributed by atoms with E-state index in [-0.39, 0.29) is 30.2 Å². The molecule has 0 bridgehead atoms. The summed E-state index contributed by atoms with van der Waals surface area (Å²) >= 11 is 0. The van der Waals surface area contributed by atoms with Gasteiger partial charge in [-0.1, -0.05) is 6.07 Å². The lowest BCUT2D eigenvalue weighted by atomic mass is 9.88. The topological polar surface area (TPSA) is 59.0 Å². The van der Waals surface area contributed by atoms with Crippen molar-refractivity contribution < 1.29 is 23.8 Å². The Labute approximate surface area is 136 Å². The van der Waals surface area contributed by atoms with Crippen molar-refractivity contribution >= 4 is 5.91 Å². The Morgan fingerprint density at radius 1 is 1.39 bits per heavy atom. The molecule has 1 aromatic carbocycles. The number of halogens is 1. The Morgan fingerprint density at radius 3 is 2.74 bits per heavy atom. The van der Waals surface area contributed by atoms with E-state index in [9.17, 15) is 14.3 Å². The summed E-state index contributed by atoms with van der Waals surface area (Å²) in [5.74, 6) is -0.492. The molecule has 23 heavy (non-hydrogen) atoms. The Balaban J connectivity index is 2.03. The summed E-state index contributed by atoms with van der Waals surface area (Å²) < 4.78 is 23.8. The number of ether oxygens (including phenoxy) is 2. The van der Waals surface area contributed by atoms with Gasteiger partial charge in [-0.3, -0.25) is 4.79 Å². The van der Waals surface area contributed by atoms with E-state index in [0.29, 0.717) is 5.56 Å². The number of carbonyl (C=O) groups is 1. The SMILES string of the molecule is COc1ccc(CC(=O)N(C)[C@@H]2CCC[C@@H](OC)[C@@H]2O)cc1F. The summed E-state index contributed by atoms with van der Waals surface area (Å²) in [6, 6.07) is 4.21. The van der Waals surface area contributed by atoms with Crippen molar-refractivity contribution in [3.8, 4) is 5.75 Å². The molecule has 6 heteroatoms. The number of carbonyl (C=O) groups excluding carboxylic acids is 1. The minimum atomic E-state index is -0.699. The van der Waals surface area contributed by atoms with E-state index in [0.717, 1.165) is 19.3 Å². The van der Waals surface area contributed by atoms with Crippen LogP contribution in [0.1, 0.15) is 24.8 Å². The van der Waals surface area contributed by atoms with Gasteiger partial charge < -0.3 is 19.5 Å². The van der Waals surface area contributed by atoms with Crippen LogP contribution in [-0.2, 0) is 16.0 Å². The Bertz CT molecular complexity index is 551. The highest BCUT2D eigenvalue weighted by Gasteiger charge is 2.35. The lowest BCUT2D eigenvalue weighted by Gasteiger charge is -2.39. The average molecular weight is 325 g/mol. The number of aliphatic hydroxyl groups excluding tert-OH is 1. The van der Waals surface area contributed by atoms with Gasteiger partial charge in [0, 0.05) is 14.2 Å². The molecule has 1 aliphatic carbocycles. The molecule has 0 aliphatic heterocycles. The first kappa shape index (κ1) is 17.7. The van der Waals surface area contributed by atoms with Crippen LogP contribution in [0.5, 0.6) is 5.75 Å². The van der Waals surface area contributed by atoms with Crippen molar-refractivity contribution in [1.82, 2.24) is 4.90 Å². The molecule has 0 spiro atoms. The fourth-order valence-corrected chi connectivity index (χ4v) is 3.10. The van der Waals surface area contributed by atoms with Gasteiger partial charge in [0.25, 0.3) is 0 Å². The van der Waals surface area contributed by atoms with Crippen LogP contribution in [0, 0.1) is 5.82 Å². The third-order valence-corrected chi connectivity index (χ3v) is 4.53. The summed E-state index contributed by atoms with van der Waals surface area (Å²) in [6.45, 7) is 0. The van der Waals surface area contributed by atoms with Gasteiger partial charge in [-0.2, -0.15) is 0 Å². The van der Waals surface area contributed by atoms with Gasteiger partial charge in [-0.25, -0.2) is 4.39 Å². The normalized spacial score (nSPS) is 24.3. The van der Waals surface area contributed by atoms with Crippen molar-refractivity contribution in [3.05, 3.63) is 29.6 Å². The highest BCUT2D eigenvalue weighted by Crippen LogP contribution is 2.25. The van der Waals surface area contributed by atoms with Gasteiger partial charge in [0.1, 0.15) is 6.10 Å². The van der Waals surface area contributed by atoms with Crippen molar-refractivity contribution in [2.75, 3.05) is 21.3 Å². The van der Waals surface area contributed by atoms with Crippen LogP contribution in [0.2, 0.25) is 0 Å². The first-order chi connectivity index (χ1) is 11.0. The number of hydrogen-bond donors (Lipinski definition) is 1. The smallest absolute Gasteiger partial charge is 0.227 e. The number of rotatable bonds is 5. The zero-order chi connectivity index (χ0) is 17.0. The molecule has 1 aromatic rings. The molecule has 1 N–H and O–H groups in total. The van der Waals surface area contributed by atoms with E-state index in [1.54, 1.807) is 25.1 Å². The maximum Gasteiger partial charge on any atom is 0.227 e. The Morgan fingerprint density at radius 2 is 2.13 bits per heavy atom. The summed E-state index contributed by atoms with van der Waals surface area (Å²) in [7, 11) is 4.64. The molecule has 3 atom stereocenters. The Hall–Kier alpha value is -1.66. The third-order valence-electron chi connectivity index (χ3n) is 4.53. The van der Waals surface area contributed by atoms with E-state index < -0.39 is 11.9 Å². The quantitative estimate of drug-likeness (QED) is 0.896. The molecule has 1 fully saturated rings. The first-order valence-electron chi connectivity index (χ1n) is 7.76. The van der Waals surface area contributed by atoms with Crippen LogP contribution in [0.25, 0.3) is 0 Å². The van der Waals surface area contributed by atoms with Gasteiger partial charge in [-0.05, 0) is 37.0 Å². The molecule has 0 unspecified atom stereocenters. The molecule has 0 saturated heterocycles. The standard InChI is InChI=1S/C17H24FNO4/c1-19(13-5-4-6-15(23-3)17(13)21)16(20)10-11-7-8-14(22-2)12(18)9-11/h7-9,13,15,17,21H,4-6,10H2,1-3H3/t13-,15-,17-/m1/s1. The van der Waals surface area contributed by atoms with Crippen LogP contribution < -0.4 is 4.74 Å². The number of amides is 1. The predicted octanol–water partition coefficient (Wildman–Crippen LogP) is 1.76. The highest BCUT2D eigenvalue weighted by molar-refractivity contribution is 5.79. The molecule has 1 aliphatic rings. The number of benzene rings is 1. The summed E-state index contributed by atoms with van der Waals surface area (Å²) in [6.07, 6.45) is 1.56. The van der Waals surface area contributed by atoms with Crippen LogP contribution in [0.15, 0.2) is 18.2 Å². The summed E-state index contributed by atoms with van der Waals surface area (Å²) in [5, 5.41) is 10.3. The summed E-state index contributed by atoms with van der Waals surface area (Å²) in [4.78, 5) is 14.0. The zero-order valence-corrected chi connectivity index (χ0v) is 13.8. The molecular weight excluding hydrogens is 301 g/mol. The van der Waals surface area contributed by atoms with Gasteiger partial charge >= 0.3 is 0 Å². The molecular formula is C17H24FNO4. The van der Waals surface area contributed by atoms with E-state index in [1.807, 2.05) is 0 Å². The van der Waals surface area contributed by atoms with Crippen molar-refractivity contribution in [2.45, 2.75) is 43.9 Å². The van der Waals surface area contributed by atoms with Crippen molar-refractivity contribution in [3.63, 3.8) is 0 Å². The van der Waals surface area contributed by atoms with Crippen LogP contribution in [0.4, 0.5) is 4.39 Å². The van der Waals surface area contributed by atoms with E-state index in [2.05, 4.69) is 0 Å². The first-order valence-corrected chi connectivity index (χ1v) is 7.76. The average Bonchev–Trinajstić information content (AvgIpc) is 2.54. The molecule has 5 nitrogen and oxygen atoms in total. The number of aliphatic hydroxyl groups is 1. The van der Waals surface area contributed by atoms with Crippen LogP contribution in [0.3, 0.4) is 0 Å². The van der Waals surface area contributed by atoms with Gasteiger partial charge in [0.2, 0.25) is 5.91 Å². The largest absolute Gasteiger partial charge is 0.494 e. The fraction of sp³-hybridized carbons (Fsp3) is 0.588. The molecule has 1 saturated carbocycles. The minimum absolute atomic E-state index is 0.0816. The molecule has 2 rings (SSSR count). The third kappa shape index (κ3) is 4.00. The predicted molar refractivity (Wildman–Crippen MR) is 83.9 cm³/mol. The van der Waals surface area contributed by atoms with Crippen LogP contribution >= 0.6 is 0 Å². The number of methoxy groups -OCH3 is 2. The van der Waals surface area contributed by atoms with Gasteiger partial charge in [-0.15, -0.1) is 0 Å². The second-order valence-electron chi connectivity index (χ2n) is 5.91. The Kier molecular flexibility index (Phi) is 5.96. The maximum absolute atomic E-state index is 13.7. The fourth-order valence-electron chi connectivity index (χ4n) is 3.10. The summed E-state index contributed by atoms with van der Waals surface area (Å²) in [5.41, 5.74) is 0.578. The van der Waals surface area contributed by atoms with Crippen molar-refractivity contribution in [2.24, 2.45) is 0 Å². The zero-order valence-electron chi connectivity index (χ0n) is 13.8. The van der Waals surface area contributed by atoms with E-state index in [1.165, 1.54) is 19.2 Å².